The van der Waals surface area contributed by atoms with Crippen LogP contribution in [-0.4, -0.2) is 12.1 Å². The number of allylic oxidation sites excluding steroid dienone is 1. The Balaban J connectivity index is 2.42. The quantitative estimate of drug-likeness (QED) is 0.515. The second-order valence-corrected chi connectivity index (χ2v) is 4.02. The third-order valence-electron chi connectivity index (χ3n) is 2.49. The highest BCUT2D eigenvalue weighted by Crippen LogP contribution is 2.12. The zero-order valence-electron chi connectivity index (χ0n) is 8.59. The smallest absolute Gasteiger partial charge is 0.0714 e. The predicted molar refractivity (Wildman–Crippen MR) is 57.4 cm³/mol. The van der Waals surface area contributed by atoms with Crippen LogP contribution >= 0.6 is 0 Å². The first-order valence-electron chi connectivity index (χ1n) is 5.13. The first-order chi connectivity index (χ1) is 6.24. The molecule has 13 heavy (non-hydrogen) atoms. The molecule has 72 valence electrons. The van der Waals surface area contributed by atoms with E-state index in [1.165, 1.54) is 19.3 Å². The average Bonchev–Trinajstić information content (AvgIpc) is 2.15. The van der Waals surface area contributed by atoms with Crippen molar-refractivity contribution in [2.45, 2.75) is 45.2 Å². The lowest BCUT2D eigenvalue weighted by atomic mass is 9.99. The molecule has 0 amide bonds. The molecule has 0 aliphatic heterocycles. The third kappa shape index (κ3) is 3.24. The maximum absolute atomic E-state index is 5.45. The van der Waals surface area contributed by atoms with Crippen LogP contribution in [0.15, 0.2) is 12.2 Å². The van der Waals surface area contributed by atoms with Gasteiger partial charge in [-0.05, 0) is 25.2 Å². The van der Waals surface area contributed by atoms with E-state index in [9.17, 15) is 0 Å². The van der Waals surface area contributed by atoms with E-state index in [0.717, 1.165) is 0 Å². The summed E-state index contributed by atoms with van der Waals surface area (Å²) in [6.45, 7) is 4.31. The summed E-state index contributed by atoms with van der Waals surface area (Å²) in [5.74, 6) is 3.32. The second kappa shape index (κ2) is 5.09. The fourth-order valence-electron chi connectivity index (χ4n) is 1.61. The minimum atomic E-state index is 0.216. The van der Waals surface area contributed by atoms with Crippen molar-refractivity contribution in [1.82, 2.24) is 5.32 Å². The van der Waals surface area contributed by atoms with Crippen molar-refractivity contribution in [3.05, 3.63) is 12.2 Å². The number of hydrogen-bond acceptors (Lipinski definition) is 1. The fraction of sp³-hybridized carbons (Fsp3) is 0.667. The number of hydrogen-bond donors (Lipinski definition) is 1. The summed E-state index contributed by atoms with van der Waals surface area (Å²) in [4.78, 5) is 0. The zero-order chi connectivity index (χ0) is 9.68. The van der Waals surface area contributed by atoms with Crippen molar-refractivity contribution in [3.8, 4) is 12.3 Å². The number of nitrogens with one attached hydrogen (secondary N) is 1. The van der Waals surface area contributed by atoms with Gasteiger partial charge >= 0.3 is 0 Å². The van der Waals surface area contributed by atoms with Crippen LogP contribution in [0.25, 0.3) is 0 Å². The van der Waals surface area contributed by atoms with Crippen molar-refractivity contribution in [3.63, 3.8) is 0 Å². The van der Waals surface area contributed by atoms with Gasteiger partial charge in [0.2, 0.25) is 0 Å². The van der Waals surface area contributed by atoms with Gasteiger partial charge in [-0.3, -0.25) is 5.32 Å². The summed E-state index contributed by atoms with van der Waals surface area (Å²) in [7, 11) is 0. The first kappa shape index (κ1) is 10.3. The van der Waals surface area contributed by atoms with E-state index in [0.29, 0.717) is 12.0 Å². The van der Waals surface area contributed by atoms with Gasteiger partial charge in [0.05, 0.1) is 6.04 Å². The second-order valence-electron chi connectivity index (χ2n) is 4.02. The van der Waals surface area contributed by atoms with Crippen LogP contribution in [0, 0.1) is 18.3 Å². The lowest BCUT2D eigenvalue weighted by Gasteiger charge is -2.24. The standard InChI is InChI=1S/C12H19N/c1-4-12(10(2)3)13-11-8-6-5-7-9-11/h1,6,8,10-13H,5,7,9H2,2-3H3. The van der Waals surface area contributed by atoms with Gasteiger partial charge in [0.25, 0.3) is 0 Å². The summed E-state index contributed by atoms with van der Waals surface area (Å²) >= 11 is 0. The molecule has 1 aliphatic carbocycles. The van der Waals surface area contributed by atoms with E-state index >= 15 is 0 Å². The molecular weight excluding hydrogens is 158 g/mol. The number of rotatable bonds is 3. The Hall–Kier alpha value is -0.740. The molecule has 1 rings (SSSR count). The Morgan fingerprint density at radius 2 is 2.31 bits per heavy atom. The van der Waals surface area contributed by atoms with Crippen molar-refractivity contribution in [1.29, 1.82) is 0 Å². The van der Waals surface area contributed by atoms with Crippen molar-refractivity contribution < 1.29 is 0 Å². The Kier molecular flexibility index (Phi) is 4.05. The zero-order valence-corrected chi connectivity index (χ0v) is 8.59. The molecule has 0 radical (unpaired) electrons. The summed E-state index contributed by atoms with van der Waals surface area (Å²) in [5, 5.41) is 3.48. The van der Waals surface area contributed by atoms with Gasteiger partial charge in [-0.1, -0.05) is 31.9 Å². The average molecular weight is 177 g/mol. The van der Waals surface area contributed by atoms with Crippen molar-refractivity contribution in [2.24, 2.45) is 5.92 Å². The summed E-state index contributed by atoms with van der Waals surface area (Å²) in [5.41, 5.74) is 0. The molecule has 0 aromatic carbocycles. The van der Waals surface area contributed by atoms with Crippen LogP contribution in [0.2, 0.25) is 0 Å². The molecular formula is C12H19N. The minimum absolute atomic E-state index is 0.216. The van der Waals surface area contributed by atoms with E-state index in [-0.39, 0.29) is 6.04 Å². The molecule has 0 saturated carbocycles. The van der Waals surface area contributed by atoms with E-state index in [1.54, 1.807) is 0 Å². The normalized spacial score (nSPS) is 24.3. The largest absolute Gasteiger partial charge is 0.297 e. The highest BCUT2D eigenvalue weighted by atomic mass is 14.9. The maximum atomic E-state index is 5.45. The molecule has 2 unspecified atom stereocenters. The van der Waals surface area contributed by atoms with Crippen LogP contribution in [0.3, 0.4) is 0 Å². The SMILES string of the molecule is C#CC(NC1C=CCCC1)C(C)C. The topological polar surface area (TPSA) is 12.0 Å². The third-order valence-corrected chi connectivity index (χ3v) is 2.49. The van der Waals surface area contributed by atoms with Gasteiger partial charge in [-0.15, -0.1) is 6.42 Å². The molecule has 0 saturated heterocycles. The van der Waals surface area contributed by atoms with Crippen LogP contribution in [0.1, 0.15) is 33.1 Å². The van der Waals surface area contributed by atoms with Gasteiger partial charge in [-0.2, -0.15) is 0 Å². The predicted octanol–water partition coefficient (Wildman–Crippen LogP) is 2.34. The molecule has 1 aliphatic rings. The van der Waals surface area contributed by atoms with Gasteiger partial charge in [0.1, 0.15) is 0 Å². The van der Waals surface area contributed by atoms with Crippen molar-refractivity contribution in [2.75, 3.05) is 0 Å². The minimum Gasteiger partial charge on any atom is -0.297 e. The molecule has 1 nitrogen and oxygen atoms in total. The van der Waals surface area contributed by atoms with Crippen LogP contribution in [0.5, 0.6) is 0 Å². The first-order valence-corrected chi connectivity index (χ1v) is 5.13. The highest BCUT2D eigenvalue weighted by molar-refractivity contribution is 5.06. The Labute approximate surface area is 81.6 Å². The Morgan fingerprint density at radius 1 is 1.54 bits per heavy atom. The summed E-state index contributed by atoms with van der Waals surface area (Å²) in [6.07, 6.45) is 13.7. The molecule has 0 spiro atoms. The molecule has 0 heterocycles. The molecule has 0 bridgehead atoms. The van der Waals surface area contributed by atoms with E-state index in [4.69, 9.17) is 6.42 Å². The van der Waals surface area contributed by atoms with Crippen LogP contribution < -0.4 is 5.32 Å². The van der Waals surface area contributed by atoms with Crippen LogP contribution in [-0.2, 0) is 0 Å². The molecule has 1 N–H and O–H groups in total. The lowest BCUT2D eigenvalue weighted by molar-refractivity contribution is 0.420. The fourth-order valence-corrected chi connectivity index (χ4v) is 1.61. The molecule has 0 fully saturated rings. The van der Waals surface area contributed by atoms with Crippen molar-refractivity contribution >= 4 is 0 Å². The lowest BCUT2D eigenvalue weighted by Crippen LogP contribution is -2.40. The van der Waals surface area contributed by atoms with Gasteiger partial charge in [0, 0.05) is 6.04 Å². The molecule has 2 atom stereocenters. The Morgan fingerprint density at radius 3 is 2.77 bits per heavy atom. The molecule has 1 heteroatoms. The molecule has 0 aromatic rings. The van der Waals surface area contributed by atoms with Gasteiger partial charge < -0.3 is 0 Å². The number of terminal acetylenes is 1. The van der Waals surface area contributed by atoms with Crippen LogP contribution in [0.4, 0.5) is 0 Å². The van der Waals surface area contributed by atoms with Gasteiger partial charge in [-0.25, -0.2) is 0 Å². The Bertz CT molecular complexity index is 210. The van der Waals surface area contributed by atoms with Gasteiger partial charge in [0.15, 0.2) is 0 Å². The van der Waals surface area contributed by atoms with E-state index in [1.807, 2.05) is 0 Å². The van der Waals surface area contributed by atoms with E-state index in [2.05, 4.69) is 37.2 Å². The maximum Gasteiger partial charge on any atom is 0.0714 e. The highest BCUT2D eigenvalue weighted by Gasteiger charge is 2.15. The van der Waals surface area contributed by atoms with E-state index < -0.39 is 0 Å². The molecule has 0 aromatic heterocycles. The summed E-state index contributed by atoms with van der Waals surface area (Å²) in [6, 6.07) is 0.713. The monoisotopic (exact) mass is 177 g/mol. The summed E-state index contributed by atoms with van der Waals surface area (Å²) < 4.78 is 0.